The minimum Gasteiger partial charge on any atom is -0.431 e. The Morgan fingerprint density at radius 3 is 2.19 bits per heavy atom. The molecule has 0 spiro atoms. The van der Waals surface area contributed by atoms with Crippen molar-refractivity contribution in [2.75, 3.05) is 0 Å². The van der Waals surface area contributed by atoms with E-state index in [0.717, 1.165) is 17.3 Å². The molecule has 0 N–H and O–H groups in total. The Labute approximate surface area is 100 Å². The quantitative estimate of drug-likeness (QED) is 0.424. The van der Waals surface area contributed by atoms with Crippen LogP contribution in [-0.2, 0) is 9.53 Å². The Balaban J connectivity index is 2.59. The minimum absolute atomic E-state index is 0.185. The maximum Gasteiger partial charge on any atom is 0.307 e. The molecule has 0 bridgehead atoms. The van der Waals surface area contributed by atoms with Crippen molar-refractivity contribution in [2.24, 2.45) is 11.8 Å². The van der Waals surface area contributed by atoms with E-state index in [-0.39, 0.29) is 5.97 Å². The fraction of sp³-hybridized carbons (Fsp3) is 0.769. The number of allylic oxidation sites excluding steroid dienone is 2. The van der Waals surface area contributed by atoms with Gasteiger partial charge in [-0.05, 0) is 31.8 Å². The second-order valence-corrected chi connectivity index (χ2v) is 11.9. The highest BCUT2D eigenvalue weighted by molar-refractivity contribution is 6.76. The van der Waals surface area contributed by atoms with Gasteiger partial charge in [-0.15, -0.1) is 0 Å². The van der Waals surface area contributed by atoms with Crippen LogP contribution in [0.2, 0.25) is 25.7 Å². The van der Waals surface area contributed by atoms with Crippen molar-refractivity contribution in [2.45, 2.75) is 52.9 Å². The highest BCUT2D eigenvalue weighted by Gasteiger charge is 2.44. The molecule has 0 aromatic carbocycles. The molecule has 0 amide bonds. The Morgan fingerprint density at radius 2 is 1.81 bits per heavy atom. The minimum atomic E-state index is -0.983. The van der Waals surface area contributed by atoms with Crippen LogP contribution in [0.25, 0.3) is 0 Å². The molecule has 1 aliphatic rings. The van der Waals surface area contributed by atoms with E-state index < -0.39 is 8.07 Å². The second kappa shape index (κ2) is 4.74. The van der Waals surface area contributed by atoms with Gasteiger partial charge in [-0.25, -0.2) is 0 Å². The number of carbonyl (C=O) groups excluding carboxylic acids is 1. The smallest absolute Gasteiger partial charge is 0.307 e. The predicted molar refractivity (Wildman–Crippen MR) is 69.9 cm³/mol. The molecule has 3 heteroatoms. The maximum absolute atomic E-state index is 11.0. The number of hydrogen-bond donors (Lipinski definition) is 0. The zero-order valence-electron chi connectivity index (χ0n) is 11.4. The molecular formula is C13H24O2Si. The van der Waals surface area contributed by atoms with Crippen molar-refractivity contribution >= 4 is 14.0 Å². The van der Waals surface area contributed by atoms with Crippen molar-refractivity contribution in [1.82, 2.24) is 0 Å². The lowest BCUT2D eigenvalue weighted by Crippen LogP contribution is -2.20. The fourth-order valence-corrected chi connectivity index (χ4v) is 4.31. The van der Waals surface area contributed by atoms with E-state index in [1.54, 1.807) is 0 Å². The average Bonchev–Trinajstić information content (AvgIpc) is 2.75. The van der Waals surface area contributed by atoms with Gasteiger partial charge in [0.1, 0.15) is 5.76 Å². The second-order valence-electron chi connectivity index (χ2n) is 6.32. The molecule has 1 aliphatic carbocycles. The molecule has 2 atom stereocenters. The van der Waals surface area contributed by atoms with Crippen molar-refractivity contribution in [3.8, 4) is 0 Å². The number of ether oxygens (including phenoxy) is 1. The van der Waals surface area contributed by atoms with Gasteiger partial charge in [-0.1, -0.05) is 25.7 Å². The first-order valence-electron chi connectivity index (χ1n) is 6.06. The lowest BCUT2D eigenvalue weighted by atomic mass is 10.2. The largest absolute Gasteiger partial charge is 0.431 e. The summed E-state index contributed by atoms with van der Waals surface area (Å²) >= 11 is 0. The fourth-order valence-electron chi connectivity index (χ4n) is 2.28. The van der Waals surface area contributed by atoms with Crippen molar-refractivity contribution in [3.63, 3.8) is 0 Å². The Hall–Kier alpha value is -0.573. The van der Waals surface area contributed by atoms with Gasteiger partial charge >= 0.3 is 5.97 Å². The van der Waals surface area contributed by atoms with Crippen LogP contribution >= 0.6 is 0 Å². The number of carbonyl (C=O) groups is 1. The summed E-state index contributed by atoms with van der Waals surface area (Å²) < 4.78 is 5.34. The van der Waals surface area contributed by atoms with Crippen LogP contribution in [-0.4, -0.2) is 14.0 Å². The van der Waals surface area contributed by atoms with Crippen LogP contribution < -0.4 is 0 Å². The van der Waals surface area contributed by atoms with Gasteiger partial charge in [0, 0.05) is 20.9 Å². The molecule has 1 fully saturated rings. The molecule has 0 aromatic rings. The molecule has 16 heavy (non-hydrogen) atoms. The van der Waals surface area contributed by atoms with Crippen LogP contribution in [0.1, 0.15) is 27.2 Å². The van der Waals surface area contributed by atoms with Crippen molar-refractivity contribution in [3.05, 3.63) is 11.3 Å². The predicted octanol–water partition coefficient (Wildman–Crippen LogP) is 3.82. The maximum atomic E-state index is 11.0. The van der Waals surface area contributed by atoms with Gasteiger partial charge < -0.3 is 4.74 Å². The van der Waals surface area contributed by atoms with Gasteiger partial charge in [0.15, 0.2) is 0 Å². The van der Waals surface area contributed by atoms with E-state index in [9.17, 15) is 4.79 Å². The molecule has 0 heterocycles. The molecule has 1 saturated carbocycles. The number of esters is 1. The number of rotatable bonds is 4. The van der Waals surface area contributed by atoms with E-state index >= 15 is 0 Å². The normalized spacial score (nSPS) is 23.9. The molecule has 0 aliphatic heterocycles. The molecule has 2 nitrogen and oxygen atoms in total. The lowest BCUT2D eigenvalue weighted by Gasteiger charge is -2.16. The van der Waals surface area contributed by atoms with Crippen LogP contribution in [0.3, 0.4) is 0 Å². The van der Waals surface area contributed by atoms with Crippen LogP contribution in [0.4, 0.5) is 0 Å². The van der Waals surface area contributed by atoms with E-state index in [1.165, 1.54) is 19.4 Å². The van der Waals surface area contributed by atoms with E-state index in [1.807, 2.05) is 13.8 Å². The summed E-state index contributed by atoms with van der Waals surface area (Å²) in [5.41, 5.74) is 1.15. The molecule has 92 valence electrons. The molecule has 1 rings (SSSR count). The molecule has 0 unspecified atom stereocenters. The zero-order chi connectivity index (χ0) is 12.5. The third-order valence-electron chi connectivity index (χ3n) is 2.88. The van der Waals surface area contributed by atoms with E-state index in [0.29, 0.717) is 5.92 Å². The summed E-state index contributed by atoms with van der Waals surface area (Å²) in [7, 11) is -0.983. The highest BCUT2D eigenvalue weighted by Crippen LogP contribution is 2.50. The summed E-state index contributed by atoms with van der Waals surface area (Å²) in [5, 5.41) is 0. The summed E-state index contributed by atoms with van der Waals surface area (Å²) in [6.45, 7) is 12.7. The SMILES string of the molecule is CC(=O)OC(=C(C)C)[C@H]1C[C@@H]1C[Si](C)(C)C. The van der Waals surface area contributed by atoms with Crippen molar-refractivity contribution in [1.29, 1.82) is 0 Å². The van der Waals surface area contributed by atoms with Gasteiger partial charge in [-0.3, -0.25) is 4.79 Å². The third kappa shape index (κ3) is 4.12. The molecule has 0 aromatic heterocycles. The topological polar surface area (TPSA) is 26.3 Å². The van der Waals surface area contributed by atoms with Gasteiger partial charge in [0.25, 0.3) is 0 Å². The summed E-state index contributed by atoms with van der Waals surface area (Å²) in [4.78, 5) is 11.0. The summed E-state index contributed by atoms with van der Waals surface area (Å²) in [6.07, 6.45) is 1.21. The van der Waals surface area contributed by atoms with E-state index in [2.05, 4.69) is 19.6 Å². The first kappa shape index (κ1) is 13.5. The summed E-state index contributed by atoms with van der Waals surface area (Å²) in [5.74, 6) is 2.03. The van der Waals surface area contributed by atoms with Crippen LogP contribution in [0, 0.1) is 11.8 Å². The van der Waals surface area contributed by atoms with Gasteiger partial charge in [0.2, 0.25) is 0 Å². The number of hydrogen-bond acceptors (Lipinski definition) is 2. The average molecular weight is 240 g/mol. The molecule has 0 saturated heterocycles. The van der Waals surface area contributed by atoms with E-state index in [4.69, 9.17) is 4.74 Å². The van der Waals surface area contributed by atoms with Gasteiger partial charge in [-0.2, -0.15) is 0 Å². The first-order chi connectivity index (χ1) is 7.20. The lowest BCUT2D eigenvalue weighted by molar-refractivity contribution is -0.137. The molecule has 0 radical (unpaired) electrons. The van der Waals surface area contributed by atoms with Crippen LogP contribution in [0.5, 0.6) is 0 Å². The van der Waals surface area contributed by atoms with Crippen molar-refractivity contribution < 1.29 is 9.53 Å². The van der Waals surface area contributed by atoms with Gasteiger partial charge in [0.05, 0.1) is 0 Å². The molecular weight excluding hydrogens is 216 g/mol. The Bertz CT molecular complexity index is 308. The first-order valence-corrected chi connectivity index (χ1v) is 9.77. The Kier molecular flexibility index (Phi) is 4.00. The zero-order valence-corrected chi connectivity index (χ0v) is 12.4. The Morgan fingerprint density at radius 1 is 1.25 bits per heavy atom. The monoisotopic (exact) mass is 240 g/mol. The van der Waals surface area contributed by atoms with Crippen LogP contribution in [0.15, 0.2) is 11.3 Å². The summed E-state index contributed by atoms with van der Waals surface area (Å²) in [6, 6.07) is 1.34. The third-order valence-corrected chi connectivity index (χ3v) is 4.63. The standard InChI is InChI=1S/C13H24O2Si/c1-9(2)13(15-10(3)14)12-7-11(12)8-16(4,5)6/h11-12H,7-8H2,1-6H3/t11-,12+/m1/s1. The highest BCUT2D eigenvalue weighted by atomic mass is 28.3.